The number of hydrogen-bond donors (Lipinski definition) is 2. The van der Waals surface area contributed by atoms with Crippen molar-refractivity contribution in [3.8, 4) is 0 Å². The van der Waals surface area contributed by atoms with Gasteiger partial charge < -0.3 is 10.1 Å². The number of rotatable bonds is 7. The summed E-state index contributed by atoms with van der Waals surface area (Å²) in [5.41, 5.74) is 1.32. The molecule has 0 aliphatic heterocycles. The number of nitrogens with zero attached hydrogens (tertiary/aromatic N) is 1. The number of aromatic nitrogens is 2. The molecule has 0 atom stereocenters. The Morgan fingerprint density at radius 3 is 3.05 bits per heavy atom. The predicted molar refractivity (Wildman–Crippen MR) is 74.2 cm³/mol. The second-order valence-electron chi connectivity index (χ2n) is 4.34. The zero-order valence-corrected chi connectivity index (χ0v) is 11.1. The monoisotopic (exact) mass is 261 g/mol. The number of ether oxygens (including phenoxy) is 1. The van der Waals surface area contributed by atoms with E-state index in [1.165, 1.54) is 0 Å². The summed E-state index contributed by atoms with van der Waals surface area (Å²) in [7, 11) is 0. The summed E-state index contributed by atoms with van der Waals surface area (Å²) in [4.78, 5) is 12.0. The molecule has 0 unspecified atom stereocenters. The first kappa shape index (κ1) is 13.5. The van der Waals surface area contributed by atoms with Crippen LogP contribution >= 0.6 is 0 Å². The summed E-state index contributed by atoms with van der Waals surface area (Å²) < 4.78 is 5.35. The van der Waals surface area contributed by atoms with Gasteiger partial charge in [0.2, 0.25) is 0 Å². The Kier molecular flexibility index (Phi) is 4.92. The van der Waals surface area contributed by atoms with Crippen LogP contribution in [0.2, 0.25) is 0 Å². The van der Waals surface area contributed by atoms with Gasteiger partial charge in [0.1, 0.15) is 0 Å². The number of hydrogen-bond acceptors (Lipinski definition) is 3. The number of H-pyrrole nitrogens is 1. The number of amides is 1. The van der Waals surface area contributed by atoms with Crippen molar-refractivity contribution in [2.24, 2.45) is 0 Å². The van der Waals surface area contributed by atoms with Gasteiger partial charge in [-0.3, -0.25) is 9.89 Å². The fourth-order valence-electron chi connectivity index (χ4n) is 1.84. The summed E-state index contributed by atoms with van der Waals surface area (Å²) in [6, 6.07) is 7.59. The number of aromatic amines is 1. The number of fused-ring (bicyclic) bond motifs is 1. The van der Waals surface area contributed by atoms with Crippen molar-refractivity contribution in [1.82, 2.24) is 15.5 Å². The Balaban J connectivity index is 1.83. The highest BCUT2D eigenvalue weighted by molar-refractivity contribution is 6.04. The molecule has 0 radical (unpaired) electrons. The van der Waals surface area contributed by atoms with Crippen LogP contribution in [0.4, 0.5) is 0 Å². The van der Waals surface area contributed by atoms with Gasteiger partial charge in [-0.15, -0.1) is 0 Å². The minimum Gasteiger partial charge on any atom is -0.381 e. The van der Waals surface area contributed by atoms with Crippen LogP contribution in [0.5, 0.6) is 0 Å². The maximum atomic E-state index is 12.0. The Morgan fingerprint density at radius 2 is 2.21 bits per heavy atom. The van der Waals surface area contributed by atoms with Crippen molar-refractivity contribution in [2.45, 2.75) is 19.8 Å². The van der Waals surface area contributed by atoms with Crippen molar-refractivity contribution in [3.05, 3.63) is 30.0 Å². The molecular weight excluding hydrogens is 242 g/mol. The van der Waals surface area contributed by atoms with Gasteiger partial charge in [-0.05, 0) is 18.9 Å². The molecule has 5 heteroatoms. The minimum absolute atomic E-state index is 0.145. The number of para-hydroxylation sites is 1. The van der Waals surface area contributed by atoms with Crippen molar-refractivity contribution in [1.29, 1.82) is 0 Å². The molecule has 102 valence electrons. The first-order chi connectivity index (χ1) is 9.33. The molecule has 1 amide bonds. The first-order valence-corrected chi connectivity index (χ1v) is 6.62. The van der Waals surface area contributed by atoms with E-state index in [-0.39, 0.29) is 5.91 Å². The van der Waals surface area contributed by atoms with Crippen LogP contribution < -0.4 is 5.32 Å². The highest BCUT2D eigenvalue weighted by Crippen LogP contribution is 2.14. The molecule has 2 N–H and O–H groups in total. The minimum atomic E-state index is -0.145. The quantitative estimate of drug-likeness (QED) is 0.750. The van der Waals surface area contributed by atoms with Gasteiger partial charge in [0.05, 0.1) is 5.52 Å². The second kappa shape index (κ2) is 6.89. The molecule has 1 heterocycles. The van der Waals surface area contributed by atoms with E-state index in [9.17, 15) is 4.79 Å². The third kappa shape index (κ3) is 3.54. The molecule has 2 aromatic rings. The van der Waals surface area contributed by atoms with Crippen LogP contribution in [0.3, 0.4) is 0 Å². The van der Waals surface area contributed by atoms with Crippen molar-refractivity contribution >= 4 is 16.8 Å². The van der Waals surface area contributed by atoms with Gasteiger partial charge in [-0.25, -0.2) is 0 Å². The Hall–Kier alpha value is -1.88. The van der Waals surface area contributed by atoms with Gasteiger partial charge in [-0.1, -0.05) is 25.1 Å². The molecule has 0 aliphatic rings. The zero-order chi connectivity index (χ0) is 13.5. The number of carbonyl (C=O) groups excluding carboxylic acids is 1. The molecule has 1 aromatic heterocycles. The van der Waals surface area contributed by atoms with Gasteiger partial charge in [0.15, 0.2) is 5.69 Å². The summed E-state index contributed by atoms with van der Waals surface area (Å²) >= 11 is 0. The lowest BCUT2D eigenvalue weighted by Crippen LogP contribution is -2.25. The molecule has 0 saturated carbocycles. The molecule has 2 rings (SSSR count). The highest BCUT2D eigenvalue weighted by Gasteiger charge is 2.12. The van der Waals surface area contributed by atoms with Crippen molar-refractivity contribution in [2.75, 3.05) is 19.8 Å². The Morgan fingerprint density at radius 1 is 1.37 bits per heavy atom. The molecule has 0 fully saturated rings. The van der Waals surface area contributed by atoms with Crippen LogP contribution in [-0.4, -0.2) is 35.9 Å². The van der Waals surface area contributed by atoms with Gasteiger partial charge in [0.25, 0.3) is 5.91 Å². The Labute approximate surface area is 112 Å². The topological polar surface area (TPSA) is 67.0 Å². The molecular formula is C14H19N3O2. The van der Waals surface area contributed by atoms with Gasteiger partial charge in [0, 0.05) is 25.1 Å². The average Bonchev–Trinajstić information content (AvgIpc) is 2.86. The van der Waals surface area contributed by atoms with E-state index < -0.39 is 0 Å². The van der Waals surface area contributed by atoms with Crippen LogP contribution in [0.25, 0.3) is 10.9 Å². The van der Waals surface area contributed by atoms with Crippen LogP contribution in [0, 0.1) is 0 Å². The first-order valence-electron chi connectivity index (χ1n) is 6.62. The van der Waals surface area contributed by atoms with Crippen molar-refractivity contribution < 1.29 is 9.53 Å². The maximum absolute atomic E-state index is 12.0. The second-order valence-corrected chi connectivity index (χ2v) is 4.34. The van der Waals surface area contributed by atoms with E-state index in [0.29, 0.717) is 18.8 Å². The van der Waals surface area contributed by atoms with E-state index in [1.54, 1.807) is 0 Å². The smallest absolute Gasteiger partial charge is 0.272 e. The average molecular weight is 261 g/mol. The number of benzene rings is 1. The molecule has 0 aliphatic carbocycles. The largest absolute Gasteiger partial charge is 0.381 e. The fraction of sp³-hybridized carbons (Fsp3) is 0.429. The lowest BCUT2D eigenvalue weighted by atomic mass is 10.2. The summed E-state index contributed by atoms with van der Waals surface area (Å²) in [6.07, 6.45) is 1.83. The molecule has 0 spiro atoms. The van der Waals surface area contributed by atoms with Crippen molar-refractivity contribution in [3.63, 3.8) is 0 Å². The standard InChI is InChI=1S/C14H19N3O2/c1-2-9-19-10-5-8-15-14(18)13-11-6-3-4-7-12(11)16-17-13/h3-4,6-7H,2,5,8-10H2,1H3,(H,15,18)(H,16,17). The van der Waals surface area contributed by atoms with E-state index in [2.05, 4.69) is 22.4 Å². The van der Waals surface area contributed by atoms with Gasteiger partial charge >= 0.3 is 0 Å². The summed E-state index contributed by atoms with van der Waals surface area (Å²) in [6.45, 7) is 4.13. The van der Waals surface area contributed by atoms with Crippen LogP contribution in [0.15, 0.2) is 24.3 Å². The third-order valence-corrected chi connectivity index (χ3v) is 2.78. The SMILES string of the molecule is CCCOCCCNC(=O)c1n[nH]c2ccccc12. The summed E-state index contributed by atoms with van der Waals surface area (Å²) in [5.74, 6) is -0.145. The van der Waals surface area contributed by atoms with E-state index in [4.69, 9.17) is 4.74 Å². The molecule has 0 saturated heterocycles. The zero-order valence-electron chi connectivity index (χ0n) is 11.1. The lowest BCUT2D eigenvalue weighted by molar-refractivity contribution is 0.0938. The predicted octanol–water partition coefficient (Wildman–Crippen LogP) is 2.11. The molecule has 1 aromatic carbocycles. The summed E-state index contributed by atoms with van der Waals surface area (Å²) in [5, 5.41) is 10.6. The highest BCUT2D eigenvalue weighted by atomic mass is 16.5. The number of carbonyl (C=O) groups is 1. The fourth-order valence-corrected chi connectivity index (χ4v) is 1.84. The third-order valence-electron chi connectivity index (χ3n) is 2.78. The molecule has 19 heavy (non-hydrogen) atoms. The van der Waals surface area contributed by atoms with E-state index in [0.717, 1.165) is 30.4 Å². The van der Waals surface area contributed by atoms with Gasteiger partial charge in [-0.2, -0.15) is 5.10 Å². The molecule has 5 nitrogen and oxygen atoms in total. The maximum Gasteiger partial charge on any atom is 0.272 e. The lowest BCUT2D eigenvalue weighted by Gasteiger charge is -2.04. The van der Waals surface area contributed by atoms with E-state index >= 15 is 0 Å². The van der Waals surface area contributed by atoms with E-state index in [1.807, 2.05) is 24.3 Å². The van der Waals surface area contributed by atoms with Crippen LogP contribution in [-0.2, 0) is 4.74 Å². The Bertz CT molecular complexity index is 536. The van der Waals surface area contributed by atoms with Crippen LogP contribution in [0.1, 0.15) is 30.3 Å². The molecule has 0 bridgehead atoms. The normalized spacial score (nSPS) is 10.8. The number of nitrogens with one attached hydrogen (secondary N) is 2.